The third kappa shape index (κ3) is 4.74. The van der Waals surface area contributed by atoms with Crippen LogP contribution in [0.25, 0.3) is 16.9 Å². The van der Waals surface area contributed by atoms with Crippen molar-refractivity contribution in [3.05, 3.63) is 82.0 Å². The number of aromatic nitrogens is 1. The maximum atomic E-state index is 14.1. The molecular weight excluding hydrogens is 628 g/mol. The number of methoxy groups -OCH3 is 1. The van der Waals surface area contributed by atoms with E-state index >= 15 is 0 Å². The number of primary amides is 1. The highest BCUT2D eigenvalue weighted by Gasteiger charge is 2.64. The van der Waals surface area contributed by atoms with Crippen molar-refractivity contribution < 1.29 is 53.7 Å². The van der Waals surface area contributed by atoms with Gasteiger partial charge in [-0.3, -0.25) is 24.1 Å². The largest absolute Gasteiger partial charge is 0.508 e. The molecule has 0 bridgehead atoms. The summed E-state index contributed by atoms with van der Waals surface area (Å²) in [6.07, 6.45) is 1.18. The summed E-state index contributed by atoms with van der Waals surface area (Å²) in [5.41, 5.74) is 2.61. The van der Waals surface area contributed by atoms with Gasteiger partial charge in [-0.1, -0.05) is 11.2 Å². The Kier molecular flexibility index (Phi) is 7.68. The van der Waals surface area contributed by atoms with Crippen molar-refractivity contribution in [2.24, 2.45) is 17.6 Å². The van der Waals surface area contributed by atoms with Crippen LogP contribution in [0, 0.1) is 11.8 Å². The van der Waals surface area contributed by atoms with Crippen molar-refractivity contribution in [1.82, 2.24) is 10.1 Å². The van der Waals surface area contributed by atoms with Crippen LogP contribution in [-0.4, -0.2) is 92.7 Å². The highest BCUT2D eigenvalue weighted by Crippen LogP contribution is 2.53. The number of Topliss-reactive ketones (excluding diaryl/α,β-unsaturated/α-hetero) is 2. The number of nitrogens with zero attached hydrogens (tertiary/aromatic N) is 2. The number of hydrogen-bond donors (Lipinski definition) is 6. The molecule has 248 valence electrons. The van der Waals surface area contributed by atoms with E-state index in [2.05, 4.69) is 10.5 Å². The monoisotopic (exact) mass is 658 g/mol. The number of phenolic OH excluding ortho intramolecular Hbond substituents is 1. The average Bonchev–Trinajstić information content (AvgIpc) is 3.57. The van der Waals surface area contributed by atoms with Crippen molar-refractivity contribution in [3.63, 3.8) is 0 Å². The first-order valence-corrected chi connectivity index (χ1v) is 14.7. The third-order valence-corrected chi connectivity index (χ3v) is 9.19. The van der Waals surface area contributed by atoms with Gasteiger partial charge in [0.25, 0.3) is 11.8 Å². The van der Waals surface area contributed by atoms with Crippen molar-refractivity contribution in [2.75, 3.05) is 26.5 Å². The number of ether oxygens (including phenoxy) is 1. The zero-order chi connectivity index (χ0) is 34.8. The highest BCUT2D eigenvalue weighted by molar-refractivity contribution is 6.24. The molecule has 2 aromatic carbocycles. The molecule has 2 amide bonds. The summed E-state index contributed by atoms with van der Waals surface area (Å²) in [7, 11) is 4.21. The molecule has 15 nitrogen and oxygen atoms in total. The fourth-order valence-corrected chi connectivity index (χ4v) is 7.13. The Morgan fingerprint density at radius 2 is 1.83 bits per heavy atom. The van der Waals surface area contributed by atoms with E-state index in [1.54, 1.807) is 6.07 Å². The van der Waals surface area contributed by atoms with E-state index in [4.69, 9.17) is 15.0 Å². The minimum absolute atomic E-state index is 0.000477. The number of aliphatic hydroxyl groups excluding tert-OH is 2. The van der Waals surface area contributed by atoms with E-state index in [1.165, 1.54) is 62.6 Å². The number of phenols is 1. The predicted molar refractivity (Wildman–Crippen MR) is 165 cm³/mol. The lowest BCUT2D eigenvalue weighted by atomic mass is 9.57. The molecule has 0 saturated heterocycles. The maximum absolute atomic E-state index is 14.1. The maximum Gasteiger partial charge on any atom is 0.337 e. The number of carbonyl (C=O) groups excluding carboxylic acids is 5. The van der Waals surface area contributed by atoms with Crippen LogP contribution in [-0.2, 0) is 25.5 Å². The number of nitrogens with one attached hydrogen (secondary N) is 1. The van der Waals surface area contributed by atoms with Gasteiger partial charge < -0.3 is 40.7 Å². The smallest absolute Gasteiger partial charge is 0.337 e. The van der Waals surface area contributed by atoms with Crippen molar-refractivity contribution in [2.45, 2.75) is 24.5 Å². The molecule has 15 heteroatoms. The number of amides is 2. The SMILES string of the molecule is COC(=O)c1cc(NC(=O)c2ccno2)cc(-c2ccc(O)c3c2CC2CC4C(N(C)C)C(=O)C(C(N)=O)=C(O)C4(O)C(=O)C2=C3O)c1. The van der Waals surface area contributed by atoms with E-state index in [1.807, 2.05) is 0 Å². The van der Waals surface area contributed by atoms with Gasteiger partial charge in [0.1, 0.15) is 22.8 Å². The lowest BCUT2D eigenvalue weighted by Crippen LogP contribution is -2.65. The Morgan fingerprint density at radius 3 is 2.46 bits per heavy atom. The molecule has 1 aromatic heterocycles. The van der Waals surface area contributed by atoms with E-state index in [9.17, 15) is 44.4 Å². The summed E-state index contributed by atoms with van der Waals surface area (Å²) < 4.78 is 9.82. The van der Waals surface area contributed by atoms with Crippen molar-refractivity contribution >= 4 is 40.8 Å². The van der Waals surface area contributed by atoms with Gasteiger partial charge in [0.05, 0.1) is 30.5 Å². The summed E-state index contributed by atoms with van der Waals surface area (Å²) in [5.74, 6) is -9.15. The lowest BCUT2D eigenvalue weighted by Gasteiger charge is -2.50. The Balaban J connectivity index is 1.51. The van der Waals surface area contributed by atoms with Gasteiger partial charge >= 0.3 is 5.97 Å². The first-order valence-electron chi connectivity index (χ1n) is 14.7. The number of nitrogens with two attached hydrogens (primary N) is 1. The standard InChI is InChI=1S/C33H30N4O11/c1-37(2)25-19-12-14-11-18-17(13-8-15(32(45)47-3)10-16(9-13)36-31(44)21-6-7-35-48-21)4-5-20(38)23(18)26(39)22(14)28(41)33(19,46)29(42)24(27(25)40)30(34)43/h4-10,14,19,25,38-39,42,46H,11-12H2,1-3H3,(H2,34,43)(H,36,44). The quantitative estimate of drug-likeness (QED) is 0.163. The molecule has 1 fully saturated rings. The molecular formula is C33H30N4O11. The second kappa shape index (κ2) is 11.5. The Morgan fingerprint density at radius 1 is 1.10 bits per heavy atom. The molecule has 3 aromatic rings. The summed E-state index contributed by atoms with van der Waals surface area (Å²) >= 11 is 0. The molecule has 1 saturated carbocycles. The van der Waals surface area contributed by atoms with Crippen molar-refractivity contribution in [1.29, 1.82) is 0 Å². The van der Waals surface area contributed by atoms with Crippen LogP contribution in [0.5, 0.6) is 5.75 Å². The number of aromatic hydroxyl groups is 1. The number of carbonyl (C=O) groups is 5. The minimum atomic E-state index is -2.77. The number of ketones is 2. The molecule has 7 N–H and O–H groups in total. The molecule has 0 radical (unpaired) electrons. The minimum Gasteiger partial charge on any atom is -0.508 e. The predicted octanol–water partition coefficient (Wildman–Crippen LogP) is 1.66. The van der Waals surface area contributed by atoms with Gasteiger partial charge in [0.2, 0.25) is 11.5 Å². The number of aliphatic hydroxyl groups is 3. The van der Waals surface area contributed by atoms with Gasteiger partial charge in [-0.2, -0.15) is 0 Å². The lowest BCUT2D eigenvalue weighted by molar-refractivity contribution is -0.153. The summed E-state index contributed by atoms with van der Waals surface area (Å²) in [6, 6.07) is 7.32. The molecule has 4 unspecified atom stereocenters. The normalized spacial score (nSPS) is 23.4. The van der Waals surface area contributed by atoms with Gasteiger partial charge in [0, 0.05) is 23.2 Å². The number of likely N-dealkylation sites (N-methyl/N-ethyl adjacent to an activating group) is 1. The van der Waals surface area contributed by atoms with Crippen LogP contribution in [0.3, 0.4) is 0 Å². The average molecular weight is 659 g/mol. The van der Waals surface area contributed by atoms with E-state index in [-0.39, 0.29) is 41.0 Å². The van der Waals surface area contributed by atoms with E-state index in [0.717, 1.165) is 0 Å². The highest BCUT2D eigenvalue weighted by atomic mass is 16.5. The van der Waals surface area contributed by atoms with Crippen LogP contribution in [0.2, 0.25) is 0 Å². The fourth-order valence-electron chi connectivity index (χ4n) is 7.13. The second-order valence-electron chi connectivity index (χ2n) is 12.1. The summed E-state index contributed by atoms with van der Waals surface area (Å²) in [6.45, 7) is 0. The first kappa shape index (κ1) is 32.2. The van der Waals surface area contributed by atoms with E-state index in [0.29, 0.717) is 16.7 Å². The zero-order valence-electron chi connectivity index (χ0n) is 25.8. The molecule has 4 atom stereocenters. The second-order valence-corrected chi connectivity index (χ2v) is 12.1. The Labute approximate surface area is 271 Å². The van der Waals surface area contributed by atoms with Crippen LogP contribution >= 0.6 is 0 Å². The van der Waals surface area contributed by atoms with Crippen LogP contribution in [0.4, 0.5) is 5.69 Å². The number of anilines is 1. The number of esters is 1. The molecule has 0 spiro atoms. The summed E-state index contributed by atoms with van der Waals surface area (Å²) in [5, 5.41) is 51.6. The first-order chi connectivity index (χ1) is 22.7. The molecule has 6 rings (SSSR count). The number of fused-ring (bicyclic) bond motifs is 3. The number of benzene rings is 2. The number of hydrogen-bond acceptors (Lipinski definition) is 13. The van der Waals surface area contributed by atoms with Crippen LogP contribution < -0.4 is 11.1 Å². The Bertz CT molecular complexity index is 2000. The number of rotatable bonds is 6. The molecule has 1 heterocycles. The molecule has 3 aliphatic carbocycles. The van der Waals surface area contributed by atoms with Gasteiger partial charge in [0.15, 0.2) is 11.4 Å². The Hall–Kier alpha value is -5.80. The van der Waals surface area contributed by atoms with Gasteiger partial charge in [-0.05, 0) is 73.8 Å². The summed E-state index contributed by atoms with van der Waals surface area (Å²) in [4.78, 5) is 66.5. The fraction of sp³-hybridized carbons (Fsp3) is 0.273. The molecule has 3 aliphatic rings. The zero-order valence-corrected chi connectivity index (χ0v) is 25.8. The van der Waals surface area contributed by atoms with Crippen LogP contribution in [0.15, 0.2) is 64.0 Å². The third-order valence-electron chi connectivity index (χ3n) is 9.19. The molecule has 0 aliphatic heterocycles. The topological polar surface area (TPSA) is 243 Å². The van der Waals surface area contributed by atoms with E-state index < -0.39 is 75.7 Å². The van der Waals surface area contributed by atoms with Crippen molar-refractivity contribution in [3.8, 4) is 16.9 Å². The van der Waals surface area contributed by atoms with Crippen LogP contribution in [0.1, 0.15) is 38.5 Å². The molecule has 48 heavy (non-hydrogen) atoms. The van der Waals surface area contributed by atoms with Gasteiger partial charge in [-0.15, -0.1) is 0 Å². The van der Waals surface area contributed by atoms with Gasteiger partial charge in [-0.25, -0.2) is 4.79 Å².